The Morgan fingerprint density at radius 1 is 1.16 bits per heavy atom. The number of methoxy groups -OCH3 is 1. The zero-order chi connectivity index (χ0) is 13.5. The summed E-state index contributed by atoms with van der Waals surface area (Å²) in [6, 6.07) is 12.3. The minimum atomic E-state index is 0.699. The summed E-state index contributed by atoms with van der Waals surface area (Å²) in [5, 5.41) is 4.29. The van der Waals surface area contributed by atoms with E-state index in [0.717, 1.165) is 24.5 Å². The van der Waals surface area contributed by atoms with E-state index in [2.05, 4.69) is 23.5 Å². The highest BCUT2D eigenvalue weighted by Crippen LogP contribution is 2.17. The molecule has 0 amide bonds. The van der Waals surface area contributed by atoms with Gasteiger partial charge < -0.3 is 10.1 Å². The van der Waals surface area contributed by atoms with E-state index in [-0.39, 0.29) is 0 Å². The molecule has 2 aromatic rings. The molecule has 2 nitrogen and oxygen atoms in total. The van der Waals surface area contributed by atoms with E-state index in [4.69, 9.17) is 16.3 Å². The van der Waals surface area contributed by atoms with Gasteiger partial charge in [-0.1, -0.05) is 29.8 Å². The van der Waals surface area contributed by atoms with Crippen LogP contribution in [0.5, 0.6) is 0 Å². The molecule has 4 heteroatoms. The molecule has 102 valence electrons. The molecule has 0 aliphatic carbocycles. The largest absolute Gasteiger partial charge is 0.379 e. The van der Waals surface area contributed by atoms with Crippen LogP contribution in [-0.2, 0) is 24.3 Å². The van der Waals surface area contributed by atoms with Gasteiger partial charge >= 0.3 is 0 Å². The Hall–Kier alpha value is -0.870. The molecule has 0 radical (unpaired) electrons. The third-order valence-corrected chi connectivity index (χ3v) is 4.26. The van der Waals surface area contributed by atoms with Gasteiger partial charge in [0.1, 0.15) is 0 Å². The van der Waals surface area contributed by atoms with Gasteiger partial charge in [0.25, 0.3) is 0 Å². The monoisotopic (exact) mass is 295 g/mol. The fourth-order valence-electron chi connectivity index (χ4n) is 1.87. The summed E-state index contributed by atoms with van der Waals surface area (Å²) in [7, 11) is 1.72. The second kappa shape index (κ2) is 7.65. The summed E-state index contributed by atoms with van der Waals surface area (Å²) in [5.41, 5.74) is 1.20. The molecule has 0 aliphatic heterocycles. The van der Waals surface area contributed by atoms with E-state index in [9.17, 15) is 0 Å². The lowest BCUT2D eigenvalue weighted by Crippen LogP contribution is -2.16. The number of ether oxygens (including phenoxy) is 1. The Morgan fingerprint density at radius 3 is 2.74 bits per heavy atom. The van der Waals surface area contributed by atoms with Gasteiger partial charge in [0.15, 0.2) is 0 Å². The fourth-order valence-corrected chi connectivity index (χ4v) is 3.06. The standard InChI is InChI=1S/C15H18ClNOS/c1-18-11-14-7-6-13(19-14)10-17-9-8-12-4-2-3-5-15(12)16/h2-7,17H,8-11H2,1H3. The summed E-state index contributed by atoms with van der Waals surface area (Å²) in [4.78, 5) is 2.61. The number of hydrogen-bond donors (Lipinski definition) is 1. The normalized spacial score (nSPS) is 10.8. The molecular formula is C15H18ClNOS. The van der Waals surface area contributed by atoms with Crippen LogP contribution in [0.25, 0.3) is 0 Å². The Balaban J connectivity index is 1.73. The highest BCUT2D eigenvalue weighted by Gasteiger charge is 2.01. The van der Waals surface area contributed by atoms with Crippen molar-refractivity contribution in [3.05, 3.63) is 56.7 Å². The van der Waals surface area contributed by atoms with Crippen molar-refractivity contribution in [2.45, 2.75) is 19.6 Å². The van der Waals surface area contributed by atoms with E-state index in [0.29, 0.717) is 6.61 Å². The van der Waals surface area contributed by atoms with E-state index in [1.165, 1.54) is 15.3 Å². The number of rotatable bonds is 7. The van der Waals surface area contributed by atoms with Crippen molar-refractivity contribution in [1.82, 2.24) is 5.32 Å². The van der Waals surface area contributed by atoms with Crippen LogP contribution in [0, 0.1) is 0 Å². The average molecular weight is 296 g/mol. The Labute approximate surface area is 123 Å². The minimum Gasteiger partial charge on any atom is -0.379 e. The molecule has 2 rings (SSSR count). The Morgan fingerprint density at radius 2 is 1.95 bits per heavy atom. The molecule has 0 aliphatic rings. The first kappa shape index (κ1) is 14.5. The molecule has 1 N–H and O–H groups in total. The maximum Gasteiger partial charge on any atom is 0.0805 e. The first-order valence-electron chi connectivity index (χ1n) is 6.30. The molecule has 0 spiro atoms. The van der Waals surface area contributed by atoms with Crippen LogP contribution in [-0.4, -0.2) is 13.7 Å². The SMILES string of the molecule is COCc1ccc(CNCCc2ccccc2Cl)s1. The highest BCUT2D eigenvalue weighted by molar-refractivity contribution is 7.11. The number of hydrogen-bond acceptors (Lipinski definition) is 3. The highest BCUT2D eigenvalue weighted by atomic mass is 35.5. The van der Waals surface area contributed by atoms with Gasteiger partial charge in [0.05, 0.1) is 6.61 Å². The van der Waals surface area contributed by atoms with Crippen molar-refractivity contribution in [2.75, 3.05) is 13.7 Å². The van der Waals surface area contributed by atoms with Gasteiger partial charge in [0.2, 0.25) is 0 Å². The lowest BCUT2D eigenvalue weighted by atomic mass is 10.1. The smallest absolute Gasteiger partial charge is 0.0805 e. The summed E-state index contributed by atoms with van der Waals surface area (Å²) in [6.07, 6.45) is 0.954. The van der Waals surface area contributed by atoms with Gasteiger partial charge in [-0.25, -0.2) is 0 Å². The summed E-state index contributed by atoms with van der Waals surface area (Å²) >= 11 is 7.91. The first-order chi connectivity index (χ1) is 9.29. The Bertz CT molecular complexity index is 512. The fraction of sp³-hybridized carbons (Fsp3) is 0.333. The second-order valence-electron chi connectivity index (χ2n) is 4.32. The quantitative estimate of drug-likeness (QED) is 0.783. The maximum absolute atomic E-state index is 6.12. The Kier molecular flexibility index (Phi) is 5.86. The molecular weight excluding hydrogens is 278 g/mol. The molecule has 0 fully saturated rings. The van der Waals surface area contributed by atoms with Crippen molar-refractivity contribution >= 4 is 22.9 Å². The molecule has 0 saturated heterocycles. The van der Waals surface area contributed by atoms with E-state index in [1.54, 1.807) is 18.4 Å². The van der Waals surface area contributed by atoms with E-state index < -0.39 is 0 Å². The number of thiophene rings is 1. The zero-order valence-electron chi connectivity index (χ0n) is 11.0. The molecule has 0 saturated carbocycles. The van der Waals surface area contributed by atoms with Gasteiger partial charge in [-0.3, -0.25) is 0 Å². The summed E-state index contributed by atoms with van der Waals surface area (Å²) < 4.78 is 5.11. The van der Waals surface area contributed by atoms with Crippen LogP contribution in [0.1, 0.15) is 15.3 Å². The predicted octanol–water partition coefficient (Wildman–Crippen LogP) is 3.88. The van der Waals surface area contributed by atoms with Gasteiger partial charge in [0, 0.05) is 28.4 Å². The van der Waals surface area contributed by atoms with Crippen molar-refractivity contribution in [3.63, 3.8) is 0 Å². The van der Waals surface area contributed by atoms with Crippen LogP contribution < -0.4 is 5.32 Å². The van der Waals surface area contributed by atoms with Crippen molar-refractivity contribution < 1.29 is 4.74 Å². The van der Waals surface area contributed by atoms with Crippen LogP contribution in [0.2, 0.25) is 5.02 Å². The maximum atomic E-state index is 6.12. The van der Waals surface area contributed by atoms with Crippen molar-refractivity contribution in [3.8, 4) is 0 Å². The van der Waals surface area contributed by atoms with E-state index in [1.807, 2.05) is 18.2 Å². The van der Waals surface area contributed by atoms with Crippen LogP contribution in [0.15, 0.2) is 36.4 Å². The van der Waals surface area contributed by atoms with E-state index >= 15 is 0 Å². The first-order valence-corrected chi connectivity index (χ1v) is 7.49. The number of halogens is 1. The van der Waals surface area contributed by atoms with Crippen molar-refractivity contribution in [1.29, 1.82) is 0 Å². The molecule has 1 aromatic carbocycles. The third kappa shape index (κ3) is 4.62. The third-order valence-electron chi connectivity index (χ3n) is 2.83. The molecule has 1 heterocycles. The lowest BCUT2D eigenvalue weighted by molar-refractivity contribution is 0.187. The topological polar surface area (TPSA) is 21.3 Å². The number of nitrogens with one attached hydrogen (secondary N) is 1. The molecule has 0 bridgehead atoms. The van der Waals surface area contributed by atoms with Crippen LogP contribution >= 0.6 is 22.9 Å². The van der Waals surface area contributed by atoms with Gasteiger partial charge in [-0.2, -0.15) is 0 Å². The molecule has 0 unspecified atom stereocenters. The summed E-state index contributed by atoms with van der Waals surface area (Å²) in [6.45, 7) is 2.53. The van der Waals surface area contributed by atoms with Gasteiger partial charge in [-0.15, -0.1) is 11.3 Å². The van der Waals surface area contributed by atoms with Crippen LogP contribution in [0.4, 0.5) is 0 Å². The lowest BCUT2D eigenvalue weighted by Gasteiger charge is -2.05. The predicted molar refractivity (Wildman–Crippen MR) is 81.9 cm³/mol. The van der Waals surface area contributed by atoms with Gasteiger partial charge in [-0.05, 0) is 36.7 Å². The van der Waals surface area contributed by atoms with Crippen molar-refractivity contribution in [2.24, 2.45) is 0 Å². The minimum absolute atomic E-state index is 0.699. The summed E-state index contributed by atoms with van der Waals surface area (Å²) in [5.74, 6) is 0. The molecule has 19 heavy (non-hydrogen) atoms. The molecule has 1 aromatic heterocycles. The van der Waals surface area contributed by atoms with Crippen LogP contribution in [0.3, 0.4) is 0 Å². The zero-order valence-corrected chi connectivity index (χ0v) is 12.6. The second-order valence-corrected chi connectivity index (χ2v) is 5.98. The molecule has 0 atom stereocenters. The average Bonchev–Trinajstić information content (AvgIpc) is 2.85. The number of benzene rings is 1.